The summed E-state index contributed by atoms with van der Waals surface area (Å²) in [6.07, 6.45) is 0. The normalized spacial score (nSPS) is 17.5. The van der Waals surface area contributed by atoms with Crippen LogP contribution in [0.25, 0.3) is 0 Å². The van der Waals surface area contributed by atoms with E-state index >= 15 is 0 Å². The van der Waals surface area contributed by atoms with E-state index in [1.54, 1.807) is 11.8 Å². The molecule has 1 heterocycles. The van der Waals surface area contributed by atoms with Gasteiger partial charge < -0.3 is 14.9 Å². The Kier molecular flexibility index (Phi) is 4.93. The van der Waals surface area contributed by atoms with Gasteiger partial charge in [0.25, 0.3) is 5.91 Å². The number of phenolic OH excluding ortho intramolecular Hbond substituents is 1. The molecule has 1 fully saturated rings. The molecule has 0 aromatic heterocycles. The van der Waals surface area contributed by atoms with Crippen molar-refractivity contribution < 1.29 is 19.1 Å². The second kappa shape index (κ2) is 7.15. The number of nitrogens with zero attached hydrogens (tertiary/aromatic N) is 2. The number of carbonyl (C=O) groups excluding carboxylic acids is 2. The Morgan fingerprint density at radius 2 is 1.88 bits per heavy atom. The standard InChI is InChI=1S/C20H21FN2O3/c1-13-3-5-15(6-4-13)12-22-9-10-23(14(2)19(22)25)20(26)17-8-7-16(24)11-18(17)21/h3-8,11,14,24H,9-10,12H2,1-2H3/t14-/m1/s1. The van der Waals surface area contributed by atoms with Gasteiger partial charge in [0.2, 0.25) is 5.91 Å². The van der Waals surface area contributed by atoms with Gasteiger partial charge in [0.1, 0.15) is 17.6 Å². The molecule has 2 amide bonds. The summed E-state index contributed by atoms with van der Waals surface area (Å²) >= 11 is 0. The van der Waals surface area contributed by atoms with Crippen LogP contribution in [0.1, 0.15) is 28.4 Å². The van der Waals surface area contributed by atoms with Gasteiger partial charge >= 0.3 is 0 Å². The molecule has 2 aromatic carbocycles. The Bertz CT molecular complexity index is 835. The summed E-state index contributed by atoms with van der Waals surface area (Å²) in [6, 6.07) is 10.7. The molecule has 0 radical (unpaired) electrons. The minimum atomic E-state index is -0.795. The predicted molar refractivity (Wildman–Crippen MR) is 95.2 cm³/mol. The van der Waals surface area contributed by atoms with Gasteiger partial charge in [-0.3, -0.25) is 9.59 Å². The van der Waals surface area contributed by atoms with Crippen molar-refractivity contribution in [1.82, 2.24) is 9.80 Å². The molecule has 1 aliphatic heterocycles. The zero-order chi connectivity index (χ0) is 18.8. The van der Waals surface area contributed by atoms with Crippen molar-refractivity contribution in [3.63, 3.8) is 0 Å². The van der Waals surface area contributed by atoms with E-state index in [9.17, 15) is 19.1 Å². The average molecular weight is 356 g/mol. The first-order chi connectivity index (χ1) is 12.4. The SMILES string of the molecule is Cc1ccc(CN2CCN(C(=O)c3ccc(O)cc3F)[C@H](C)C2=O)cc1. The fraction of sp³-hybridized carbons (Fsp3) is 0.300. The number of benzene rings is 2. The average Bonchev–Trinajstić information content (AvgIpc) is 2.60. The van der Waals surface area contributed by atoms with Gasteiger partial charge in [0, 0.05) is 25.7 Å². The summed E-state index contributed by atoms with van der Waals surface area (Å²) in [5.74, 6) is -1.74. The summed E-state index contributed by atoms with van der Waals surface area (Å²) < 4.78 is 14.0. The molecule has 3 rings (SSSR count). The lowest BCUT2D eigenvalue weighted by Crippen LogP contribution is -2.57. The number of phenols is 1. The van der Waals surface area contributed by atoms with Gasteiger partial charge in [0.15, 0.2) is 0 Å². The van der Waals surface area contributed by atoms with Gasteiger partial charge in [-0.2, -0.15) is 0 Å². The topological polar surface area (TPSA) is 60.9 Å². The number of amides is 2. The molecule has 2 aromatic rings. The predicted octanol–water partition coefficient (Wildman–Crippen LogP) is 2.71. The Morgan fingerprint density at radius 3 is 2.54 bits per heavy atom. The van der Waals surface area contributed by atoms with E-state index in [1.165, 1.54) is 17.0 Å². The maximum absolute atomic E-state index is 14.0. The Balaban J connectivity index is 1.72. The van der Waals surface area contributed by atoms with Crippen molar-refractivity contribution in [3.05, 3.63) is 65.0 Å². The van der Waals surface area contributed by atoms with Crippen LogP contribution in [0.5, 0.6) is 5.75 Å². The zero-order valence-corrected chi connectivity index (χ0v) is 14.8. The van der Waals surface area contributed by atoms with Crippen LogP contribution in [0.2, 0.25) is 0 Å². The third-order valence-corrected chi connectivity index (χ3v) is 4.69. The molecular formula is C20H21FN2O3. The summed E-state index contributed by atoms with van der Waals surface area (Å²) in [5.41, 5.74) is 2.04. The molecule has 0 unspecified atom stereocenters. The van der Waals surface area contributed by atoms with Crippen molar-refractivity contribution in [2.75, 3.05) is 13.1 Å². The molecular weight excluding hydrogens is 335 g/mol. The summed E-state index contributed by atoms with van der Waals surface area (Å²) in [7, 11) is 0. The number of rotatable bonds is 3. The van der Waals surface area contributed by atoms with E-state index in [0.717, 1.165) is 17.2 Å². The Hall–Kier alpha value is -2.89. The van der Waals surface area contributed by atoms with Crippen LogP contribution in [-0.2, 0) is 11.3 Å². The maximum atomic E-state index is 14.0. The summed E-state index contributed by atoms with van der Waals surface area (Å²) in [4.78, 5) is 28.4. The highest BCUT2D eigenvalue weighted by atomic mass is 19.1. The van der Waals surface area contributed by atoms with Crippen LogP contribution >= 0.6 is 0 Å². The molecule has 26 heavy (non-hydrogen) atoms. The van der Waals surface area contributed by atoms with E-state index in [4.69, 9.17) is 0 Å². The number of aromatic hydroxyl groups is 1. The highest BCUT2D eigenvalue weighted by Crippen LogP contribution is 2.21. The minimum Gasteiger partial charge on any atom is -0.508 e. The Labute approximate surface area is 151 Å². The number of piperazine rings is 1. The molecule has 0 spiro atoms. The lowest BCUT2D eigenvalue weighted by Gasteiger charge is -2.39. The molecule has 0 saturated carbocycles. The van der Waals surface area contributed by atoms with Crippen molar-refractivity contribution in [2.45, 2.75) is 26.4 Å². The second-order valence-corrected chi connectivity index (χ2v) is 6.58. The number of hydrogen-bond donors (Lipinski definition) is 1. The number of carbonyl (C=O) groups is 2. The number of hydrogen-bond acceptors (Lipinski definition) is 3. The van der Waals surface area contributed by atoms with Crippen LogP contribution in [0, 0.1) is 12.7 Å². The lowest BCUT2D eigenvalue weighted by molar-refractivity contribution is -0.140. The molecule has 5 nitrogen and oxygen atoms in total. The number of halogens is 1. The summed E-state index contributed by atoms with van der Waals surface area (Å²) in [6.45, 7) is 4.86. The molecule has 6 heteroatoms. The summed E-state index contributed by atoms with van der Waals surface area (Å²) in [5, 5.41) is 9.29. The first-order valence-electron chi connectivity index (χ1n) is 8.50. The monoisotopic (exact) mass is 356 g/mol. The molecule has 1 aliphatic rings. The molecule has 1 saturated heterocycles. The molecule has 0 bridgehead atoms. The van der Waals surface area contributed by atoms with Gasteiger partial charge in [-0.15, -0.1) is 0 Å². The smallest absolute Gasteiger partial charge is 0.257 e. The van der Waals surface area contributed by atoms with E-state index in [-0.39, 0.29) is 17.2 Å². The Morgan fingerprint density at radius 1 is 1.19 bits per heavy atom. The van der Waals surface area contributed by atoms with Crippen molar-refractivity contribution in [1.29, 1.82) is 0 Å². The largest absolute Gasteiger partial charge is 0.508 e. The van der Waals surface area contributed by atoms with Gasteiger partial charge in [-0.05, 0) is 31.5 Å². The van der Waals surface area contributed by atoms with Crippen LogP contribution in [0.15, 0.2) is 42.5 Å². The van der Waals surface area contributed by atoms with E-state index in [1.807, 2.05) is 31.2 Å². The first kappa shape index (κ1) is 17.9. The molecule has 1 atom stereocenters. The fourth-order valence-corrected chi connectivity index (χ4v) is 3.11. The number of aryl methyl sites for hydroxylation is 1. The third-order valence-electron chi connectivity index (χ3n) is 4.69. The highest BCUT2D eigenvalue weighted by Gasteiger charge is 2.35. The molecule has 0 aliphatic carbocycles. The van der Waals surface area contributed by atoms with E-state index < -0.39 is 17.8 Å². The first-order valence-corrected chi connectivity index (χ1v) is 8.50. The highest BCUT2D eigenvalue weighted by molar-refractivity contribution is 5.98. The third kappa shape index (κ3) is 3.54. The minimum absolute atomic E-state index is 0.144. The molecule has 1 N–H and O–H groups in total. The van der Waals surface area contributed by atoms with Gasteiger partial charge in [-0.25, -0.2) is 4.39 Å². The van der Waals surface area contributed by atoms with Gasteiger partial charge in [-0.1, -0.05) is 29.8 Å². The van der Waals surface area contributed by atoms with Crippen molar-refractivity contribution >= 4 is 11.8 Å². The zero-order valence-electron chi connectivity index (χ0n) is 14.8. The van der Waals surface area contributed by atoms with Crippen LogP contribution in [-0.4, -0.2) is 45.9 Å². The van der Waals surface area contributed by atoms with Crippen LogP contribution in [0.4, 0.5) is 4.39 Å². The maximum Gasteiger partial charge on any atom is 0.257 e. The fourth-order valence-electron chi connectivity index (χ4n) is 3.11. The van der Waals surface area contributed by atoms with Crippen LogP contribution < -0.4 is 0 Å². The van der Waals surface area contributed by atoms with Crippen molar-refractivity contribution in [2.24, 2.45) is 0 Å². The quantitative estimate of drug-likeness (QED) is 0.920. The van der Waals surface area contributed by atoms with E-state index in [0.29, 0.717) is 19.6 Å². The van der Waals surface area contributed by atoms with Gasteiger partial charge in [0.05, 0.1) is 5.56 Å². The van der Waals surface area contributed by atoms with E-state index in [2.05, 4.69) is 0 Å². The van der Waals surface area contributed by atoms with Crippen LogP contribution in [0.3, 0.4) is 0 Å². The van der Waals surface area contributed by atoms with Crippen molar-refractivity contribution in [3.8, 4) is 5.75 Å². The molecule has 136 valence electrons. The second-order valence-electron chi connectivity index (χ2n) is 6.58. The lowest BCUT2D eigenvalue weighted by atomic mass is 10.1.